The van der Waals surface area contributed by atoms with Crippen LogP contribution in [0.3, 0.4) is 0 Å². The maximum atomic E-state index is 13.0. The molecule has 0 unspecified atom stereocenters. The first-order valence-electron chi connectivity index (χ1n) is 7.95. The van der Waals surface area contributed by atoms with Crippen LogP contribution in [0.4, 0.5) is 10.1 Å². The van der Waals surface area contributed by atoms with Crippen molar-refractivity contribution in [3.8, 4) is 0 Å². The Hall–Kier alpha value is -2.04. The number of carbonyl (C=O) groups is 1. The molecule has 0 radical (unpaired) electrons. The monoisotopic (exact) mass is 378 g/mol. The highest BCUT2D eigenvalue weighted by molar-refractivity contribution is 6.42. The van der Waals surface area contributed by atoms with Crippen LogP contribution >= 0.6 is 23.2 Å². The van der Waals surface area contributed by atoms with Crippen LogP contribution in [-0.2, 0) is 0 Å². The molecule has 0 aliphatic carbocycles. The predicted octanol–water partition coefficient (Wildman–Crippen LogP) is 4.65. The first-order chi connectivity index (χ1) is 12.0. The van der Waals surface area contributed by atoms with Crippen LogP contribution in [0.5, 0.6) is 0 Å². The minimum Gasteiger partial charge on any atom is -0.374 e. The van der Waals surface area contributed by atoms with Crippen LogP contribution in [0.15, 0.2) is 54.7 Å². The second-order valence-corrected chi connectivity index (χ2v) is 6.62. The first kappa shape index (κ1) is 17.8. The predicted molar refractivity (Wildman–Crippen MR) is 100 cm³/mol. The summed E-state index contributed by atoms with van der Waals surface area (Å²) >= 11 is 11.8. The van der Waals surface area contributed by atoms with Gasteiger partial charge in [-0.25, -0.2) is 4.39 Å². The van der Waals surface area contributed by atoms with Gasteiger partial charge in [0.15, 0.2) is 5.78 Å². The third-order valence-corrected chi connectivity index (χ3v) is 4.89. The van der Waals surface area contributed by atoms with Crippen LogP contribution in [0.25, 0.3) is 0 Å². The molecule has 3 rings (SSSR count). The van der Waals surface area contributed by atoms with Crippen LogP contribution in [0, 0.1) is 5.82 Å². The van der Waals surface area contributed by atoms with Crippen molar-refractivity contribution >= 4 is 34.7 Å². The van der Waals surface area contributed by atoms with Crippen molar-refractivity contribution in [2.75, 3.05) is 31.1 Å². The van der Waals surface area contributed by atoms with E-state index >= 15 is 0 Å². The Morgan fingerprint density at radius 3 is 2.28 bits per heavy atom. The number of hydrogen-bond acceptors (Lipinski definition) is 3. The van der Waals surface area contributed by atoms with E-state index in [0.29, 0.717) is 15.6 Å². The quantitative estimate of drug-likeness (QED) is 0.571. The third-order valence-electron chi connectivity index (χ3n) is 4.15. The molecule has 1 aliphatic heterocycles. The largest absolute Gasteiger partial charge is 0.374 e. The molecule has 3 nitrogen and oxygen atoms in total. The zero-order chi connectivity index (χ0) is 17.8. The second-order valence-electron chi connectivity index (χ2n) is 5.81. The van der Waals surface area contributed by atoms with Gasteiger partial charge < -0.3 is 9.80 Å². The van der Waals surface area contributed by atoms with Crippen LogP contribution in [-0.4, -0.2) is 36.9 Å². The summed E-state index contributed by atoms with van der Waals surface area (Å²) in [5, 5.41) is 0.799. The van der Waals surface area contributed by atoms with E-state index < -0.39 is 0 Å². The molecule has 0 N–H and O–H groups in total. The molecular weight excluding hydrogens is 362 g/mol. The fourth-order valence-electron chi connectivity index (χ4n) is 2.70. The maximum Gasteiger partial charge on any atom is 0.187 e. The molecule has 0 atom stereocenters. The Morgan fingerprint density at radius 2 is 1.64 bits per heavy atom. The normalized spacial score (nSPS) is 15.0. The van der Waals surface area contributed by atoms with Crippen molar-refractivity contribution in [1.29, 1.82) is 0 Å². The van der Waals surface area contributed by atoms with E-state index in [2.05, 4.69) is 9.80 Å². The number of piperazine rings is 1. The van der Waals surface area contributed by atoms with Crippen molar-refractivity contribution in [3.63, 3.8) is 0 Å². The SMILES string of the molecule is O=C(/C=C/N1CCN(c2ccc(F)cc2)CC1)c1ccc(Cl)c(Cl)c1. The summed E-state index contributed by atoms with van der Waals surface area (Å²) in [4.78, 5) is 16.5. The van der Waals surface area contributed by atoms with Gasteiger partial charge in [-0.1, -0.05) is 23.2 Å². The van der Waals surface area contributed by atoms with E-state index in [9.17, 15) is 9.18 Å². The number of allylic oxidation sites excluding steroid dienone is 1. The number of nitrogens with zero attached hydrogens (tertiary/aromatic N) is 2. The fourth-order valence-corrected chi connectivity index (χ4v) is 3.00. The van der Waals surface area contributed by atoms with Gasteiger partial charge in [0.2, 0.25) is 0 Å². The number of anilines is 1. The molecule has 1 heterocycles. The van der Waals surface area contributed by atoms with Crippen molar-refractivity contribution in [2.24, 2.45) is 0 Å². The van der Waals surface area contributed by atoms with E-state index in [0.717, 1.165) is 31.9 Å². The number of hydrogen-bond donors (Lipinski definition) is 0. The molecule has 25 heavy (non-hydrogen) atoms. The molecule has 0 spiro atoms. The molecule has 2 aromatic rings. The zero-order valence-electron chi connectivity index (χ0n) is 13.5. The minimum absolute atomic E-state index is 0.112. The minimum atomic E-state index is -0.230. The van der Waals surface area contributed by atoms with Crippen molar-refractivity contribution in [2.45, 2.75) is 0 Å². The molecule has 0 bridgehead atoms. The highest BCUT2D eigenvalue weighted by Gasteiger charge is 2.15. The van der Waals surface area contributed by atoms with Gasteiger partial charge in [0, 0.05) is 49.7 Å². The Bertz CT molecular complexity index is 785. The van der Waals surface area contributed by atoms with Crippen molar-refractivity contribution in [3.05, 3.63) is 76.2 Å². The van der Waals surface area contributed by atoms with Gasteiger partial charge in [0.25, 0.3) is 0 Å². The van der Waals surface area contributed by atoms with Gasteiger partial charge in [0.1, 0.15) is 5.82 Å². The summed E-state index contributed by atoms with van der Waals surface area (Å²) in [6, 6.07) is 11.4. The number of halogens is 3. The summed E-state index contributed by atoms with van der Waals surface area (Å²) in [6.45, 7) is 3.22. The van der Waals surface area contributed by atoms with Gasteiger partial charge in [-0.3, -0.25) is 4.79 Å². The summed E-state index contributed by atoms with van der Waals surface area (Å²) in [5.41, 5.74) is 1.52. The average Bonchev–Trinajstić information content (AvgIpc) is 2.63. The van der Waals surface area contributed by atoms with Gasteiger partial charge in [0.05, 0.1) is 10.0 Å². The lowest BCUT2D eigenvalue weighted by molar-refractivity contribution is 0.104. The second kappa shape index (κ2) is 7.89. The summed E-state index contributed by atoms with van der Waals surface area (Å²) in [5.74, 6) is -0.342. The lowest BCUT2D eigenvalue weighted by atomic mass is 10.1. The molecule has 2 aromatic carbocycles. The van der Waals surface area contributed by atoms with E-state index in [-0.39, 0.29) is 11.6 Å². The van der Waals surface area contributed by atoms with Crippen LogP contribution < -0.4 is 4.90 Å². The van der Waals surface area contributed by atoms with Gasteiger partial charge >= 0.3 is 0 Å². The topological polar surface area (TPSA) is 23.6 Å². The number of benzene rings is 2. The molecule has 0 aromatic heterocycles. The van der Waals surface area contributed by atoms with E-state index in [1.165, 1.54) is 12.1 Å². The lowest BCUT2D eigenvalue weighted by Crippen LogP contribution is -2.44. The molecule has 1 saturated heterocycles. The molecule has 0 amide bonds. The maximum absolute atomic E-state index is 13.0. The zero-order valence-corrected chi connectivity index (χ0v) is 15.0. The molecular formula is C19H17Cl2FN2O. The summed E-state index contributed by atoms with van der Waals surface area (Å²) < 4.78 is 13.0. The first-order valence-corrected chi connectivity index (χ1v) is 8.71. The summed E-state index contributed by atoms with van der Waals surface area (Å²) in [6.07, 6.45) is 3.36. The van der Waals surface area contributed by atoms with Gasteiger partial charge in [-0.15, -0.1) is 0 Å². The smallest absolute Gasteiger partial charge is 0.187 e. The number of rotatable bonds is 4. The highest BCUT2D eigenvalue weighted by atomic mass is 35.5. The highest BCUT2D eigenvalue weighted by Crippen LogP contribution is 2.23. The van der Waals surface area contributed by atoms with E-state index in [4.69, 9.17) is 23.2 Å². The Balaban J connectivity index is 1.56. The summed E-state index contributed by atoms with van der Waals surface area (Å²) in [7, 11) is 0. The molecule has 1 aliphatic rings. The molecule has 0 saturated carbocycles. The lowest BCUT2D eigenvalue weighted by Gasteiger charge is -2.35. The van der Waals surface area contributed by atoms with E-state index in [1.54, 1.807) is 36.4 Å². The fraction of sp³-hybridized carbons (Fsp3) is 0.211. The van der Waals surface area contributed by atoms with Crippen molar-refractivity contribution < 1.29 is 9.18 Å². The Labute approximate surface area is 156 Å². The van der Waals surface area contributed by atoms with Gasteiger partial charge in [-0.2, -0.15) is 0 Å². The molecule has 6 heteroatoms. The molecule has 130 valence electrons. The third kappa shape index (κ3) is 4.53. The van der Waals surface area contributed by atoms with Gasteiger partial charge in [-0.05, 0) is 42.5 Å². The molecule has 1 fully saturated rings. The van der Waals surface area contributed by atoms with Crippen LogP contribution in [0.1, 0.15) is 10.4 Å². The number of carbonyl (C=O) groups excluding carboxylic acids is 1. The number of ketones is 1. The standard InChI is InChI=1S/C19H17Cl2FN2O/c20-17-6-1-14(13-18(17)21)19(25)7-8-23-9-11-24(12-10-23)16-4-2-15(22)3-5-16/h1-8,13H,9-12H2/b8-7+. The Kier molecular flexibility index (Phi) is 5.61. The van der Waals surface area contributed by atoms with E-state index in [1.807, 2.05) is 6.20 Å². The van der Waals surface area contributed by atoms with Crippen molar-refractivity contribution in [1.82, 2.24) is 4.90 Å². The van der Waals surface area contributed by atoms with Crippen LogP contribution in [0.2, 0.25) is 10.0 Å². The average molecular weight is 379 g/mol. The Morgan fingerprint density at radius 1 is 0.960 bits per heavy atom.